The minimum absolute atomic E-state index is 0.0389. The van der Waals surface area contributed by atoms with Gasteiger partial charge in [-0.1, -0.05) is 17.7 Å². The Morgan fingerprint density at radius 1 is 0.941 bits per heavy atom. The van der Waals surface area contributed by atoms with Crippen molar-refractivity contribution in [2.45, 2.75) is 12.6 Å². The third-order valence-corrected chi connectivity index (χ3v) is 5.03. The number of nitrogens with zero attached hydrogens (tertiary/aromatic N) is 1. The monoisotopic (exact) mass is 493 g/mol. The van der Waals surface area contributed by atoms with E-state index < -0.39 is 23.6 Å². The number of nitrogens with one attached hydrogen (secondary N) is 2. The van der Waals surface area contributed by atoms with Gasteiger partial charge in [-0.05, 0) is 73.2 Å². The van der Waals surface area contributed by atoms with Crippen molar-refractivity contribution in [1.29, 1.82) is 0 Å². The van der Waals surface area contributed by atoms with Crippen molar-refractivity contribution in [1.82, 2.24) is 5.32 Å². The van der Waals surface area contributed by atoms with Gasteiger partial charge in [0.2, 0.25) is 0 Å². The Hall–Kier alpha value is -3.59. The minimum atomic E-state index is -4.56. The summed E-state index contributed by atoms with van der Waals surface area (Å²) < 4.78 is 52.3. The molecule has 34 heavy (non-hydrogen) atoms. The minimum Gasteiger partial charge on any atom is -0.352 e. The standard InChI is InChI=1S/C24H20ClF4N3O2/c25-18-7-5-16(6-8-18)22(33)30-13-2-14-32(21-11-9-19(26)10-12-21)23(34)31-20-4-1-3-17(15-20)24(27,28)29/h1,3-12,15H,2,13-14H2,(H,30,33)(H,31,34). The van der Waals surface area contributed by atoms with Crippen LogP contribution in [0.15, 0.2) is 72.8 Å². The maximum absolute atomic E-state index is 13.4. The molecule has 3 rings (SSSR count). The molecule has 2 N–H and O–H groups in total. The molecule has 0 radical (unpaired) electrons. The average molecular weight is 494 g/mol. The zero-order chi connectivity index (χ0) is 24.7. The van der Waals surface area contributed by atoms with Crippen LogP contribution < -0.4 is 15.5 Å². The average Bonchev–Trinajstić information content (AvgIpc) is 2.80. The number of urea groups is 1. The van der Waals surface area contributed by atoms with Crippen molar-refractivity contribution in [3.05, 3.63) is 94.8 Å². The van der Waals surface area contributed by atoms with Crippen LogP contribution in [0.4, 0.5) is 33.7 Å². The lowest BCUT2D eigenvalue weighted by atomic mass is 10.2. The van der Waals surface area contributed by atoms with Gasteiger partial charge in [-0.15, -0.1) is 0 Å². The zero-order valence-electron chi connectivity index (χ0n) is 17.7. The summed E-state index contributed by atoms with van der Waals surface area (Å²) in [7, 11) is 0. The van der Waals surface area contributed by atoms with E-state index in [9.17, 15) is 27.2 Å². The van der Waals surface area contributed by atoms with E-state index in [1.807, 2.05) is 0 Å². The smallest absolute Gasteiger partial charge is 0.352 e. The van der Waals surface area contributed by atoms with E-state index in [1.54, 1.807) is 24.3 Å². The van der Waals surface area contributed by atoms with Crippen LogP contribution in [0.3, 0.4) is 0 Å². The molecular weight excluding hydrogens is 474 g/mol. The highest BCUT2D eigenvalue weighted by atomic mass is 35.5. The summed E-state index contributed by atoms with van der Waals surface area (Å²) in [4.78, 5) is 26.4. The van der Waals surface area contributed by atoms with E-state index in [0.717, 1.165) is 12.1 Å². The number of carbonyl (C=O) groups is 2. The van der Waals surface area contributed by atoms with Gasteiger partial charge >= 0.3 is 12.2 Å². The third-order valence-electron chi connectivity index (χ3n) is 4.78. The van der Waals surface area contributed by atoms with Crippen LogP contribution >= 0.6 is 11.6 Å². The molecule has 0 aliphatic carbocycles. The molecular formula is C24H20ClF4N3O2. The number of hydrogen-bond donors (Lipinski definition) is 2. The highest BCUT2D eigenvalue weighted by Gasteiger charge is 2.30. The summed E-state index contributed by atoms with van der Waals surface area (Å²) in [6.07, 6.45) is -4.23. The van der Waals surface area contributed by atoms with Gasteiger partial charge < -0.3 is 10.6 Å². The third kappa shape index (κ3) is 6.95. The summed E-state index contributed by atoms with van der Waals surface area (Å²) in [6.45, 7) is 0.327. The van der Waals surface area contributed by atoms with Gasteiger partial charge in [-0.25, -0.2) is 9.18 Å². The van der Waals surface area contributed by atoms with Crippen molar-refractivity contribution in [2.24, 2.45) is 0 Å². The van der Waals surface area contributed by atoms with E-state index in [-0.39, 0.29) is 24.7 Å². The quantitative estimate of drug-likeness (QED) is 0.297. The van der Waals surface area contributed by atoms with E-state index in [0.29, 0.717) is 22.7 Å². The second-order valence-corrected chi connectivity index (χ2v) is 7.69. The first-order valence-electron chi connectivity index (χ1n) is 10.2. The van der Waals surface area contributed by atoms with Gasteiger partial charge in [0.15, 0.2) is 0 Å². The van der Waals surface area contributed by atoms with Crippen LogP contribution in [0.5, 0.6) is 0 Å². The second kappa shape index (κ2) is 11.0. The molecule has 10 heteroatoms. The lowest BCUT2D eigenvalue weighted by Gasteiger charge is -2.23. The van der Waals surface area contributed by atoms with Crippen LogP contribution in [0.25, 0.3) is 0 Å². The number of anilines is 2. The summed E-state index contributed by atoms with van der Waals surface area (Å²) in [5, 5.41) is 5.66. The van der Waals surface area contributed by atoms with Crippen LogP contribution in [0.2, 0.25) is 5.02 Å². The van der Waals surface area contributed by atoms with E-state index >= 15 is 0 Å². The molecule has 0 heterocycles. The van der Waals surface area contributed by atoms with Gasteiger partial charge in [0.05, 0.1) is 5.56 Å². The molecule has 0 aliphatic rings. The Kier molecular flexibility index (Phi) is 8.12. The first-order chi connectivity index (χ1) is 16.1. The first kappa shape index (κ1) is 25.0. The lowest BCUT2D eigenvalue weighted by molar-refractivity contribution is -0.137. The molecule has 3 amide bonds. The number of rotatable bonds is 7. The van der Waals surface area contributed by atoms with E-state index in [2.05, 4.69) is 10.6 Å². The molecule has 0 aliphatic heterocycles. The summed E-state index contributed by atoms with van der Waals surface area (Å²) in [5.41, 5.74) is -0.177. The number of halogens is 5. The fraction of sp³-hybridized carbons (Fsp3) is 0.167. The van der Waals surface area contributed by atoms with Gasteiger partial charge in [-0.2, -0.15) is 13.2 Å². The summed E-state index contributed by atoms with van der Waals surface area (Å²) in [5.74, 6) is -0.823. The predicted molar refractivity (Wildman–Crippen MR) is 123 cm³/mol. The van der Waals surface area contributed by atoms with Gasteiger partial charge in [0, 0.05) is 35.1 Å². The van der Waals surface area contributed by atoms with Crippen LogP contribution in [0.1, 0.15) is 22.3 Å². The molecule has 0 unspecified atom stereocenters. The highest BCUT2D eigenvalue weighted by molar-refractivity contribution is 6.30. The fourth-order valence-corrected chi connectivity index (χ4v) is 3.20. The molecule has 0 saturated carbocycles. The number of benzene rings is 3. The molecule has 178 valence electrons. The fourth-order valence-electron chi connectivity index (χ4n) is 3.08. The second-order valence-electron chi connectivity index (χ2n) is 7.25. The predicted octanol–water partition coefficient (Wildman–Crippen LogP) is 6.36. The SMILES string of the molecule is O=C(NCCCN(C(=O)Nc1cccc(C(F)(F)F)c1)c1ccc(F)cc1)c1ccc(Cl)cc1. The molecule has 3 aromatic carbocycles. The van der Waals surface area contributed by atoms with Crippen molar-refractivity contribution in [2.75, 3.05) is 23.3 Å². The Bertz CT molecular complexity index is 1140. The molecule has 5 nitrogen and oxygen atoms in total. The maximum Gasteiger partial charge on any atom is 0.416 e. The van der Waals surface area contributed by atoms with Crippen LogP contribution in [-0.4, -0.2) is 25.0 Å². The Morgan fingerprint density at radius 2 is 1.62 bits per heavy atom. The topological polar surface area (TPSA) is 61.4 Å². The lowest BCUT2D eigenvalue weighted by Crippen LogP contribution is -2.37. The van der Waals surface area contributed by atoms with Crippen LogP contribution in [-0.2, 0) is 6.18 Å². The number of hydrogen-bond acceptors (Lipinski definition) is 2. The highest BCUT2D eigenvalue weighted by Crippen LogP contribution is 2.30. The largest absolute Gasteiger partial charge is 0.416 e. The van der Waals surface area contributed by atoms with E-state index in [1.165, 1.54) is 41.3 Å². The number of amides is 3. The number of carbonyl (C=O) groups excluding carboxylic acids is 2. The molecule has 0 atom stereocenters. The van der Waals surface area contributed by atoms with Crippen molar-refractivity contribution >= 4 is 34.9 Å². The molecule has 0 bridgehead atoms. The van der Waals surface area contributed by atoms with Gasteiger partial charge in [0.1, 0.15) is 5.82 Å². The molecule has 0 saturated heterocycles. The molecule has 0 spiro atoms. The van der Waals surface area contributed by atoms with Crippen molar-refractivity contribution in [3.63, 3.8) is 0 Å². The Labute approximate surface area is 198 Å². The Balaban J connectivity index is 1.66. The summed E-state index contributed by atoms with van der Waals surface area (Å²) >= 11 is 5.81. The Morgan fingerprint density at radius 3 is 2.26 bits per heavy atom. The maximum atomic E-state index is 13.4. The molecule has 0 aromatic heterocycles. The van der Waals surface area contributed by atoms with Crippen LogP contribution in [0, 0.1) is 5.82 Å². The van der Waals surface area contributed by atoms with Crippen molar-refractivity contribution in [3.8, 4) is 0 Å². The normalized spacial score (nSPS) is 11.1. The van der Waals surface area contributed by atoms with E-state index in [4.69, 9.17) is 11.6 Å². The molecule has 3 aromatic rings. The summed E-state index contributed by atoms with van der Waals surface area (Å²) in [6, 6.07) is 15.0. The molecule has 0 fully saturated rings. The van der Waals surface area contributed by atoms with Crippen molar-refractivity contribution < 1.29 is 27.2 Å². The zero-order valence-corrected chi connectivity index (χ0v) is 18.5. The number of alkyl halides is 3. The van der Waals surface area contributed by atoms with Gasteiger partial charge in [-0.3, -0.25) is 9.69 Å². The first-order valence-corrected chi connectivity index (χ1v) is 10.6. The van der Waals surface area contributed by atoms with Gasteiger partial charge in [0.25, 0.3) is 5.91 Å².